The van der Waals surface area contributed by atoms with Gasteiger partial charge in [-0.05, 0) is 25.5 Å². The molecule has 1 heterocycles. The van der Waals surface area contributed by atoms with Crippen LogP contribution in [-0.2, 0) is 0 Å². The van der Waals surface area contributed by atoms with Gasteiger partial charge in [-0.3, -0.25) is 0 Å². The van der Waals surface area contributed by atoms with E-state index in [-0.39, 0.29) is 17.6 Å². The van der Waals surface area contributed by atoms with Crippen LogP contribution in [0.1, 0.15) is 30.9 Å². The highest BCUT2D eigenvalue weighted by Crippen LogP contribution is 2.33. The number of hydrogen-bond donors (Lipinski definition) is 2. The fourth-order valence-electron chi connectivity index (χ4n) is 2.11. The third-order valence-corrected chi connectivity index (χ3v) is 2.98. The molecule has 2 rings (SSSR count). The summed E-state index contributed by atoms with van der Waals surface area (Å²) < 4.78 is 18.7. The molecule has 0 radical (unpaired) electrons. The SMILES string of the molecule is COc1cc(C2CCCCN2)c(F)cc1O. The molecule has 0 aliphatic carbocycles. The standard InChI is InChI=1S/C12H16FNO2/c1-16-12-6-8(9(13)7-11(12)15)10-4-2-3-5-14-10/h6-7,10,14-15H,2-5H2,1H3. The van der Waals surface area contributed by atoms with Gasteiger partial charge in [-0.1, -0.05) is 6.42 Å². The Hall–Kier alpha value is -1.29. The van der Waals surface area contributed by atoms with Gasteiger partial charge in [-0.25, -0.2) is 4.39 Å². The molecular formula is C12H16FNO2. The average molecular weight is 225 g/mol. The van der Waals surface area contributed by atoms with E-state index in [1.807, 2.05) is 0 Å². The molecule has 0 amide bonds. The maximum atomic E-state index is 13.7. The van der Waals surface area contributed by atoms with Crippen LogP contribution in [0.5, 0.6) is 11.5 Å². The van der Waals surface area contributed by atoms with E-state index in [0.717, 1.165) is 31.9 Å². The lowest BCUT2D eigenvalue weighted by molar-refractivity contribution is 0.362. The van der Waals surface area contributed by atoms with Crippen LogP contribution in [0.3, 0.4) is 0 Å². The van der Waals surface area contributed by atoms with Crippen molar-refractivity contribution >= 4 is 0 Å². The number of phenols is 1. The summed E-state index contributed by atoms with van der Waals surface area (Å²) in [6, 6.07) is 2.72. The lowest BCUT2D eigenvalue weighted by atomic mass is 9.97. The number of ether oxygens (including phenoxy) is 1. The number of phenolic OH excluding ortho intramolecular Hbond substituents is 1. The highest BCUT2D eigenvalue weighted by molar-refractivity contribution is 5.43. The van der Waals surface area contributed by atoms with E-state index < -0.39 is 0 Å². The van der Waals surface area contributed by atoms with Gasteiger partial charge >= 0.3 is 0 Å². The lowest BCUT2D eigenvalue weighted by Gasteiger charge is -2.24. The molecule has 1 aliphatic rings. The van der Waals surface area contributed by atoms with Crippen molar-refractivity contribution in [1.29, 1.82) is 0 Å². The van der Waals surface area contributed by atoms with E-state index >= 15 is 0 Å². The summed E-state index contributed by atoms with van der Waals surface area (Å²) in [5.41, 5.74) is 0.578. The zero-order valence-corrected chi connectivity index (χ0v) is 9.29. The van der Waals surface area contributed by atoms with Crippen molar-refractivity contribution in [2.24, 2.45) is 0 Å². The summed E-state index contributed by atoms with van der Waals surface area (Å²) in [6.45, 7) is 0.910. The fraction of sp³-hybridized carbons (Fsp3) is 0.500. The highest BCUT2D eigenvalue weighted by Gasteiger charge is 2.20. The third kappa shape index (κ3) is 2.11. The molecule has 3 nitrogen and oxygen atoms in total. The Morgan fingerprint density at radius 1 is 1.44 bits per heavy atom. The van der Waals surface area contributed by atoms with Crippen molar-refractivity contribution < 1.29 is 14.2 Å². The smallest absolute Gasteiger partial charge is 0.161 e. The minimum absolute atomic E-state index is 0.0308. The molecule has 1 atom stereocenters. The Balaban J connectivity index is 2.31. The molecule has 1 aromatic carbocycles. The van der Waals surface area contributed by atoms with Crippen LogP contribution in [0.4, 0.5) is 4.39 Å². The van der Waals surface area contributed by atoms with Crippen molar-refractivity contribution in [2.75, 3.05) is 13.7 Å². The largest absolute Gasteiger partial charge is 0.504 e. The second kappa shape index (κ2) is 4.70. The number of nitrogens with one attached hydrogen (secondary N) is 1. The molecule has 1 saturated heterocycles. The summed E-state index contributed by atoms with van der Waals surface area (Å²) in [7, 11) is 1.46. The van der Waals surface area contributed by atoms with Crippen molar-refractivity contribution in [2.45, 2.75) is 25.3 Å². The van der Waals surface area contributed by atoms with Crippen LogP contribution >= 0.6 is 0 Å². The summed E-state index contributed by atoms with van der Waals surface area (Å²) in [5.74, 6) is -0.207. The topological polar surface area (TPSA) is 41.5 Å². The first-order chi connectivity index (χ1) is 7.72. The first kappa shape index (κ1) is 11.2. The Morgan fingerprint density at radius 2 is 2.25 bits per heavy atom. The number of hydrogen-bond acceptors (Lipinski definition) is 3. The molecule has 1 fully saturated rings. The van der Waals surface area contributed by atoms with E-state index in [4.69, 9.17) is 4.74 Å². The first-order valence-electron chi connectivity index (χ1n) is 5.52. The number of aromatic hydroxyl groups is 1. The molecule has 0 saturated carbocycles. The predicted octanol–water partition coefficient (Wildman–Crippen LogP) is 2.35. The minimum atomic E-state index is -0.377. The van der Waals surface area contributed by atoms with Gasteiger partial charge < -0.3 is 15.2 Å². The van der Waals surface area contributed by atoms with Gasteiger partial charge in [-0.15, -0.1) is 0 Å². The molecule has 16 heavy (non-hydrogen) atoms. The van der Waals surface area contributed by atoms with Gasteiger partial charge in [-0.2, -0.15) is 0 Å². The van der Waals surface area contributed by atoms with E-state index in [9.17, 15) is 9.50 Å². The van der Waals surface area contributed by atoms with Crippen LogP contribution in [0, 0.1) is 5.82 Å². The van der Waals surface area contributed by atoms with E-state index in [1.54, 1.807) is 6.07 Å². The number of halogens is 1. The first-order valence-corrected chi connectivity index (χ1v) is 5.52. The molecule has 0 spiro atoms. The molecule has 4 heteroatoms. The predicted molar refractivity (Wildman–Crippen MR) is 59.2 cm³/mol. The average Bonchev–Trinajstić information content (AvgIpc) is 2.30. The van der Waals surface area contributed by atoms with E-state index in [1.165, 1.54) is 7.11 Å². The summed E-state index contributed by atoms with van der Waals surface area (Å²) in [4.78, 5) is 0. The Morgan fingerprint density at radius 3 is 2.88 bits per heavy atom. The monoisotopic (exact) mass is 225 g/mol. The number of methoxy groups -OCH3 is 1. The summed E-state index contributed by atoms with van der Waals surface area (Å²) in [6.07, 6.45) is 3.15. The number of rotatable bonds is 2. The van der Waals surface area contributed by atoms with Crippen LogP contribution in [0.15, 0.2) is 12.1 Å². The van der Waals surface area contributed by atoms with E-state index in [0.29, 0.717) is 11.3 Å². The Bertz CT molecular complexity index is 376. The van der Waals surface area contributed by atoms with Gasteiger partial charge in [0.1, 0.15) is 5.82 Å². The van der Waals surface area contributed by atoms with Crippen molar-refractivity contribution in [1.82, 2.24) is 5.32 Å². The van der Waals surface area contributed by atoms with Crippen molar-refractivity contribution in [3.63, 3.8) is 0 Å². The van der Waals surface area contributed by atoms with Gasteiger partial charge in [0.2, 0.25) is 0 Å². The molecule has 0 bridgehead atoms. The molecule has 1 aliphatic heterocycles. The van der Waals surface area contributed by atoms with Crippen LogP contribution < -0.4 is 10.1 Å². The molecule has 0 aromatic heterocycles. The highest BCUT2D eigenvalue weighted by atomic mass is 19.1. The summed E-state index contributed by atoms with van der Waals surface area (Å²) >= 11 is 0. The minimum Gasteiger partial charge on any atom is -0.504 e. The molecule has 1 unspecified atom stereocenters. The van der Waals surface area contributed by atoms with Gasteiger partial charge in [0.25, 0.3) is 0 Å². The Kier molecular flexibility index (Phi) is 3.29. The van der Waals surface area contributed by atoms with Crippen molar-refractivity contribution in [3.05, 3.63) is 23.5 Å². The molecule has 88 valence electrons. The quantitative estimate of drug-likeness (QED) is 0.811. The maximum Gasteiger partial charge on any atom is 0.161 e. The third-order valence-electron chi connectivity index (χ3n) is 2.98. The lowest BCUT2D eigenvalue weighted by Crippen LogP contribution is -2.27. The van der Waals surface area contributed by atoms with Gasteiger partial charge in [0.05, 0.1) is 7.11 Å². The normalized spacial score (nSPS) is 20.8. The van der Waals surface area contributed by atoms with Crippen LogP contribution in [0.2, 0.25) is 0 Å². The van der Waals surface area contributed by atoms with Crippen LogP contribution in [0.25, 0.3) is 0 Å². The molecule has 1 aromatic rings. The molecular weight excluding hydrogens is 209 g/mol. The second-order valence-electron chi connectivity index (χ2n) is 4.05. The number of benzene rings is 1. The van der Waals surface area contributed by atoms with Crippen molar-refractivity contribution in [3.8, 4) is 11.5 Å². The molecule has 2 N–H and O–H groups in total. The van der Waals surface area contributed by atoms with Gasteiger partial charge in [0.15, 0.2) is 11.5 Å². The Labute approximate surface area is 94.2 Å². The van der Waals surface area contributed by atoms with Gasteiger partial charge in [0, 0.05) is 17.7 Å². The summed E-state index contributed by atoms with van der Waals surface area (Å²) in [5, 5.41) is 12.7. The van der Waals surface area contributed by atoms with E-state index in [2.05, 4.69) is 5.32 Å². The maximum absolute atomic E-state index is 13.7. The zero-order chi connectivity index (χ0) is 11.5. The number of piperidine rings is 1. The zero-order valence-electron chi connectivity index (χ0n) is 9.29. The second-order valence-corrected chi connectivity index (χ2v) is 4.05. The van der Waals surface area contributed by atoms with Crippen LogP contribution in [-0.4, -0.2) is 18.8 Å². The fourth-order valence-corrected chi connectivity index (χ4v) is 2.11.